The van der Waals surface area contributed by atoms with Crippen LogP contribution in [-0.2, 0) is 18.4 Å². The van der Waals surface area contributed by atoms with Crippen molar-refractivity contribution in [1.29, 1.82) is 0 Å². The Kier molecular flexibility index (Phi) is 5.40. The van der Waals surface area contributed by atoms with E-state index in [9.17, 15) is 9.59 Å². The number of fused-ring (bicyclic) bond motifs is 1. The second kappa shape index (κ2) is 7.72. The van der Waals surface area contributed by atoms with Crippen molar-refractivity contribution in [2.24, 2.45) is 7.05 Å². The van der Waals surface area contributed by atoms with Crippen LogP contribution in [0.1, 0.15) is 5.69 Å². The number of halogens is 1. The zero-order chi connectivity index (χ0) is 17.8. The number of hydrogen-bond donors (Lipinski definition) is 1. The number of carbonyl (C=O) groups excluding carboxylic acids is 1. The summed E-state index contributed by atoms with van der Waals surface area (Å²) in [5.41, 5.74) is 1.41. The molecule has 1 amide bonds. The third kappa shape index (κ3) is 4.21. The molecule has 0 unspecified atom stereocenters. The minimum atomic E-state index is -0.133. The highest BCUT2D eigenvalue weighted by Gasteiger charge is 2.10. The van der Waals surface area contributed by atoms with Gasteiger partial charge in [-0.1, -0.05) is 23.7 Å². The van der Waals surface area contributed by atoms with E-state index in [4.69, 9.17) is 11.6 Å². The number of aryl methyl sites for hydroxylation is 1. The lowest BCUT2D eigenvalue weighted by Crippen LogP contribution is -2.25. The van der Waals surface area contributed by atoms with Gasteiger partial charge in [0.25, 0.3) is 5.56 Å². The number of carbonyl (C=O) groups is 1. The number of nitrogens with zero attached hydrogens (tertiary/aromatic N) is 2. The van der Waals surface area contributed by atoms with E-state index in [0.717, 1.165) is 21.5 Å². The Morgan fingerprint density at radius 2 is 2.12 bits per heavy atom. The quantitative estimate of drug-likeness (QED) is 0.698. The lowest BCUT2D eigenvalue weighted by molar-refractivity contribution is -0.118. The van der Waals surface area contributed by atoms with Gasteiger partial charge in [0.15, 0.2) is 0 Å². The number of hydrogen-bond acceptors (Lipinski definition) is 4. The van der Waals surface area contributed by atoms with Crippen molar-refractivity contribution in [2.45, 2.75) is 11.4 Å². The lowest BCUT2D eigenvalue weighted by Gasteiger charge is -2.10. The molecular formula is C18H16ClN3O2S. The number of benzene rings is 1. The first-order valence-corrected chi connectivity index (χ1v) is 8.99. The van der Waals surface area contributed by atoms with E-state index < -0.39 is 0 Å². The van der Waals surface area contributed by atoms with Crippen molar-refractivity contribution in [3.05, 3.63) is 69.7 Å². The van der Waals surface area contributed by atoms with E-state index in [1.807, 2.05) is 24.3 Å². The molecule has 0 aliphatic rings. The average Bonchev–Trinajstić information content (AvgIpc) is 2.62. The van der Waals surface area contributed by atoms with Crippen LogP contribution < -0.4 is 10.9 Å². The van der Waals surface area contributed by atoms with Gasteiger partial charge >= 0.3 is 0 Å². The van der Waals surface area contributed by atoms with Gasteiger partial charge in [-0.05, 0) is 24.3 Å². The molecule has 3 rings (SSSR count). The molecular weight excluding hydrogens is 358 g/mol. The summed E-state index contributed by atoms with van der Waals surface area (Å²) in [6, 6.07) is 12.5. The second-order valence-corrected chi connectivity index (χ2v) is 6.91. The largest absolute Gasteiger partial charge is 0.350 e. The molecule has 1 aromatic carbocycles. The molecule has 128 valence electrons. The smallest absolute Gasteiger partial charge is 0.251 e. The Bertz CT molecular complexity index is 973. The standard InChI is InChI=1S/C18H16ClN3O2S/c1-22-15-8-12(19)5-6-14(15)16(9-18(22)24)25-11-17(23)21-10-13-4-2-3-7-20-13/h2-9H,10-11H2,1H3,(H,21,23). The molecule has 0 spiro atoms. The van der Waals surface area contributed by atoms with Crippen molar-refractivity contribution >= 4 is 40.2 Å². The molecule has 2 aromatic heterocycles. The monoisotopic (exact) mass is 373 g/mol. The molecule has 0 aliphatic carbocycles. The Balaban J connectivity index is 1.72. The Labute approximate surface area is 154 Å². The zero-order valence-corrected chi connectivity index (χ0v) is 15.1. The van der Waals surface area contributed by atoms with Crippen LogP contribution in [0.4, 0.5) is 0 Å². The molecule has 2 heterocycles. The fraction of sp³-hybridized carbons (Fsp3) is 0.167. The van der Waals surface area contributed by atoms with E-state index >= 15 is 0 Å². The van der Waals surface area contributed by atoms with Gasteiger partial charge in [0.05, 0.1) is 23.5 Å². The van der Waals surface area contributed by atoms with Gasteiger partial charge in [-0.25, -0.2) is 0 Å². The first-order chi connectivity index (χ1) is 12.0. The Hall–Kier alpha value is -2.31. The molecule has 0 bridgehead atoms. The summed E-state index contributed by atoms with van der Waals surface area (Å²) in [6.07, 6.45) is 1.69. The van der Waals surface area contributed by atoms with Gasteiger partial charge in [-0.3, -0.25) is 14.6 Å². The van der Waals surface area contributed by atoms with Gasteiger partial charge in [0.1, 0.15) is 0 Å². The van der Waals surface area contributed by atoms with Gasteiger partial charge in [-0.15, -0.1) is 11.8 Å². The van der Waals surface area contributed by atoms with E-state index in [2.05, 4.69) is 10.3 Å². The number of thioether (sulfide) groups is 1. The Morgan fingerprint density at radius 1 is 1.28 bits per heavy atom. The summed E-state index contributed by atoms with van der Waals surface area (Å²) in [5.74, 6) is 0.107. The van der Waals surface area contributed by atoms with Crippen LogP contribution in [0.5, 0.6) is 0 Å². The predicted octanol–water partition coefficient (Wildman–Crippen LogP) is 3.00. The summed E-state index contributed by atoms with van der Waals surface area (Å²) >= 11 is 7.36. The van der Waals surface area contributed by atoms with E-state index in [1.165, 1.54) is 11.8 Å². The predicted molar refractivity (Wildman–Crippen MR) is 101 cm³/mol. The molecule has 0 aliphatic heterocycles. The van der Waals surface area contributed by atoms with Gasteiger partial charge in [0.2, 0.25) is 5.91 Å². The molecule has 0 radical (unpaired) electrons. The van der Waals surface area contributed by atoms with Gasteiger partial charge in [0, 0.05) is 34.6 Å². The van der Waals surface area contributed by atoms with Gasteiger partial charge < -0.3 is 9.88 Å². The number of rotatable bonds is 5. The highest BCUT2D eigenvalue weighted by atomic mass is 35.5. The van der Waals surface area contributed by atoms with Gasteiger partial charge in [-0.2, -0.15) is 0 Å². The third-order valence-corrected chi connectivity index (χ3v) is 5.01. The van der Waals surface area contributed by atoms with Crippen LogP contribution in [0, 0.1) is 0 Å². The number of pyridine rings is 2. The maximum Gasteiger partial charge on any atom is 0.251 e. The highest BCUT2D eigenvalue weighted by Crippen LogP contribution is 2.28. The van der Waals surface area contributed by atoms with Crippen LogP contribution in [-0.4, -0.2) is 21.2 Å². The van der Waals surface area contributed by atoms with Crippen LogP contribution in [0.2, 0.25) is 5.02 Å². The van der Waals surface area contributed by atoms with Crippen molar-refractivity contribution in [3.63, 3.8) is 0 Å². The maximum atomic E-state index is 12.1. The third-order valence-electron chi connectivity index (χ3n) is 3.72. The minimum absolute atomic E-state index is 0.113. The number of amides is 1. The fourth-order valence-electron chi connectivity index (χ4n) is 2.40. The SMILES string of the molecule is Cn1c(=O)cc(SCC(=O)NCc2ccccn2)c2ccc(Cl)cc21. The first kappa shape index (κ1) is 17.5. The minimum Gasteiger partial charge on any atom is -0.350 e. The van der Waals surface area contributed by atoms with Crippen LogP contribution in [0.25, 0.3) is 10.9 Å². The van der Waals surface area contributed by atoms with E-state index in [-0.39, 0.29) is 17.2 Å². The molecule has 3 aromatic rings. The summed E-state index contributed by atoms with van der Waals surface area (Å²) < 4.78 is 1.55. The molecule has 0 saturated carbocycles. The van der Waals surface area contributed by atoms with Crippen molar-refractivity contribution in [3.8, 4) is 0 Å². The van der Waals surface area contributed by atoms with Crippen LogP contribution in [0.3, 0.4) is 0 Å². The second-order valence-electron chi connectivity index (χ2n) is 5.45. The summed E-state index contributed by atoms with van der Waals surface area (Å²) in [4.78, 5) is 29.1. The molecule has 7 heteroatoms. The maximum absolute atomic E-state index is 12.1. The van der Waals surface area contributed by atoms with Crippen molar-refractivity contribution in [1.82, 2.24) is 14.9 Å². The lowest BCUT2D eigenvalue weighted by atomic mass is 10.2. The fourth-order valence-corrected chi connectivity index (χ4v) is 3.47. The van der Waals surface area contributed by atoms with Crippen LogP contribution >= 0.6 is 23.4 Å². The topological polar surface area (TPSA) is 64.0 Å². The summed E-state index contributed by atoms with van der Waals surface area (Å²) in [7, 11) is 1.70. The molecule has 1 N–H and O–H groups in total. The summed E-state index contributed by atoms with van der Waals surface area (Å²) in [6.45, 7) is 0.382. The number of nitrogens with one attached hydrogen (secondary N) is 1. The molecule has 0 fully saturated rings. The Morgan fingerprint density at radius 3 is 2.88 bits per heavy atom. The van der Waals surface area contributed by atoms with Crippen molar-refractivity contribution in [2.75, 3.05) is 5.75 Å². The molecule has 25 heavy (non-hydrogen) atoms. The molecule has 0 atom stereocenters. The van der Waals surface area contributed by atoms with Crippen molar-refractivity contribution < 1.29 is 4.79 Å². The summed E-state index contributed by atoms with van der Waals surface area (Å²) in [5, 5.41) is 4.29. The highest BCUT2D eigenvalue weighted by molar-refractivity contribution is 8.00. The normalized spacial score (nSPS) is 10.8. The van der Waals surface area contributed by atoms with E-state index in [0.29, 0.717) is 11.6 Å². The molecule has 0 saturated heterocycles. The zero-order valence-electron chi connectivity index (χ0n) is 13.5. The van der Waals surface area contributed by atoms with E-state index in [1.54, 1.807) is 36.0 Å². The first-order valence-electron chi connectivity index (χ1n) is 7.63. The average molecular weight is 374 g/mol. The molecule has 5 nitrogen and oxygen atoms in total. The number of aromatic nitrogens is 2. The van der Waals surface area contributed by atoms with Crippen LogP contribution in [0.15, 0.2) is 58.4 Å².